The molecule has 30 heavy (non-hydrogen) atoms. The van der Waals surface area contributed by atoms with Crippen molar-refractivity contribution in [1.29, 1.82) is 0 Å². The van der Waals surface area contributed by atoms with Gasteiger partial charge in [-0.3, -0.25) is 9.89 Å². The Morgan fingerprint density at radius 1 is 1.03 bits per heavy atom. The Balaban J connectivity index is 1.87. The number of ether oxygens (including phenoxy) is 2. The van der Waals surface area contributed by atoms with Gasteiger partial charge in [-0.25, -0.2) is 12.7 Å². The molecule has 158 valence electrons. The van der Waals surface area contributed by atoms with Gasteiger partial charge >= 0.3 is 0 Å². The van der Waals surface area contributed by atoms with E-state index >= 15 is 0 Å². The number of rotatable bonds is 7. The largest absolute Gasteiger partial charge is 0.497 e. The number of hydrogen-bond donors (Lipinski definition) is 2. The standard InChI is InChI=1S/C20H22N4O5S/c1-24(2)30(26,27)19-11-13(5-10-18(19)29-4)16-12-17(23-22-16)20(25)21-14-6-8-15(28-3)9-7-14/h5-12H,1-4H3,(H,21,25)(H,22,23). The molecule has 0 aliphatic carbocycles. The van der Waals surface area contributed by atoms with Gasteiger partial charge in [-0.05, 0) is 48.5 Å². The molecule has 1 aromatic heterocycles. The van der Waals surface area contributed by atoms with Crippen molar-refractivity contribution in [1.82, 2.24) is 14.5 Å². The first-order valence-electron chi connectivity index (χ1n) is 8.88. The topological polar surface area (TPSA) is 114 Å². The first kappa shape index (κ1) is 21.3. The van der Waals surface area contributed by atoms with Gasteiger partial charge in [0.15, 0.2) is 0 Å². The number of methoxy groups -OCH3 is 2. The Bertz CT molecular complexity index is 1150. The molecule has 0 aliphatic rings. The van der Waals surface area contributed by atoms with Crippen LogP contribution in [0.3, 0.4) is 0 Å². The number of carbonyl (C=O) groups excluding carboxylic acids is 1. The van der Waals surface area contributed by atoms with Crippen LogP contribution in [0.5, 0.6) is 11.5 Å². The summed E-state index contributed by atoms with van der Waals surface area (Å²) in [6.45, 7) is 0. The fourth-order valence-electron chi connectivity index (χ4n) is 2.69. The average Bonchev–Trinajstić information content (AvgIpc) is 3.24. The lowest BCUT2D eigenvalue weighted by Gasteiger charge is -2.15. The van der Waals surface area contributed by atoms with E-state index in [0.29, 0.717) is 22.7 Å². The Labute approximate surface area is 174 Å². The van der Waals surface area contributed by atoms with Crippen LogP contribution in [0.15, 0.2) is 53.4 Å². The van der Waals surface area contributed by atoms with E-state index in [0.717, 1.165) is 4.31 Å². The molecule has 1 amide bonds. The number of nitrogens with zero attached hydrogens (tertiary/aromatic N) is 2. The van der Waals surface area contributed by atoms with Gasteiger partial charge < -0.3 is 14.8 Å². The Hall–Kier alpha value is -3.37. The van der Waals surface area contributed by atoms with Crippen molar-refractivity contribution in [3.8, 4) is 22.8 Å². The Morgan fingerprint density at radius 2 is 1.73 bits per heavy atom. The Morgan fingerprint density at radius 3 is 2.33 bits per heavy atom. The van der Waals surface area contributed by atoms with E-state index in [1.807, 2.05) is 0 Å². The van der Waals surface area contributed by atoms with E-state index in [-0.39, 0.29) is 22.2 Å². The normalized spacial score (nSPS) is 11.4. The van der Waals surface area contributed by atoms with Crippen LogP contribution in [0.25, 0.3) is 11.3 Å². The summed E-state index contributed by atoms with van der Waals surface area (Å²) in [6, 6.07) is 13.1. The molecular weight excluding hydrogens is 408 g/mol. The highest BCUT2D eigenvalue weighted by atomic mass is 32.2. The van der Waals surface area contributed by atoms with Crippen LogP contribution in [0.4, 0.5) is 5.69 Å². The molecule has 2 aromatic carbocycles. The van der Waals surface area contributed by atoms with Crippen LogP contribution in [-0.4, -0.2) is 57.1 Å². The minimum atomic E-state index is -3.73. The maximum atomic E-state index is 12.6. The smallest absolute Gasteiger partial charge is 0.273 e. The molecule has 10 heteroatoms. The molecule has 0 atom stereocenters. The Kier molecular flexibility index (Phi) is 6.09. The van der Waals surface area contributed by atoms with Gasteiger partial charge in [0.2, 0.25) is 10.0 Å². The molecule has 2 N–H and O–H groups in total. The predicted octanol–water partition coefficient (Wildman–Crippen LogP) is 2.60. The van der Waals surface area contributed by atoms with E-state index in [1.165, 1.54) is 27.3 Å². The lowest BCUT2D eigenvalue weighted by molar-refractivity contribution is 0.102. The van der Waals surface area contributed by atoms with Gasteiger partial charge in [0, 0.05) is 25.3 Å². The molecule has 0 bridgehead atoms. The molecule has 0 aliphatic heterocycles. The molecule has 0 saturated carbocycles. The molecule has 0 radical (unpaired) electrons. The third-order valence-corrected chi connectivity index (χ3v) is 6.22. The van der Waals surface area contributed by atoms with E-state index in [1.54, 1.807) is 49.6 Å². The quantitative estimate of drug-likeness (QED) is 0.596. The van der Waals surface area contributed by atoms with Crippen molar-refractivity contribution in [2.75, 3.05) is 33.6 Å². The van der Waals surface area contributed by atoms with Crippen molar-refractivity contribution in [3.05, 3.63) is 54.2 Å². The molecule has 0 spiro atoms. The number of H-pyrrole nitrogens is 1. The fraction of sp³-hybridized carbons (Fsp3) is 0.200. The van der Waals surface area contributed by atoms with Crippen molar-refractivity contribution in [3.63, 3.8) is 0 Å². The van der Waals surface area contributed by atoms with E-state index in [2.05, 4.69) is 15.5 Å². The van der Waals surface area contributed by atoms with Crippen LogP contribution in [-0.2, 0) is 10.0 Å². The highest BCUT2D eigenvalue weighted by molar-refractivity contribution is 7.89. The zero-order valence-corrected chi connectivity index (χ0v) is 17.8. The van der Waals surface area contributed by atoms with Gasteiger partial charge in [-0.15, -0.1) is 0 Å². The second-order valence-corrected chi connectivity index (χ2v) is 8.62. The molecule has 0 unspecified atom stereocenters. The minimum Gasteiger partial charge on any atom is -0.497 e. The maximum absolute atomic E-state index is 12.6. The zero-order valence-electron chi connectivity index (χ0n) is 17.0. The number of sulfonamides is 1. The molecule has 3 rings (SSSR count). The summed E-state index contributed by atoms with van der Waals surface area (Å²) in [5.74, 6) is 0.522. The first-order valence-corrected chi connectivity index (χ1v) is 10.3. The summed E-state index contributed by atoms with van der Waals surface area (Å²) in [6.07, 6.45) is 0. The highest BCUT2D eigenvalue weighted by Crippen LogP contribution is 2.31. The van der Waals surface area contributed by atoms with Gasteiger partial charge in [0.05, 0.1) is 19.9 Å². The predicted molar refractivity (Wildman–Crippen MR) is 112 cm³/mol. The average molecular weight is 430 g/mol. The summed E-state index contributed by atoms with van der Waals surface area (Å²) in [5.41, 5.74) is 1.78. The number of nitrogens with one attached hydrogen (secondary N) is 2. The van der Waals surface area contributed by atoms with Crippen LogP contribution >= 0.6 is 0 Å². The molecule has 0 saturated heterocycles. The first-order chi connectivity index (χ1) is 14.3. The molecule has 9 nitrogen and oxygen atoms in total. The lowest BCUT2D eigenvalue weighted by Crippen LogP contribution is -2.22. The van der Waals surface area contributed by atoms with Gasteiger partial charge in [-0.1, -0.05) is 0 Å². The van der Waals surface area contributed by atoms with Crippen LogP contribution in [0.1, 0.15) is 10.5 Å². The van der Waals surface area contributed by atoms with Crippen molar-refractivity contribution in [2.24, 2.45) is 0 Å². The second-order valence-electron chi connectivity index (χ2n) is 6.50. The SMILES string of the molecule is COc1ccc(NC(=O)c2cc(-c3ccc(OC)c(S(=O)(=O)N(C)C)c3)n[nH]2)cc1. The summed E-state index contributed by atoms with van der Waals surface area (Å²) in [4.78, 5) is 12.5. The number of hydrogen-bond acceptors (Lipinski definition) is 6. The number of aromatic amines is 1. The summed E-state index contributed by atoms with van der Waals surface area (Å²) in [5, 5.41) is 9.58. The van der Waals surface area contributed by atoms with E-state index in [4.69, 9.17) is 9.47 Å². The molecule has 3 aromatic rings. The molecular formula is C20H22N4O5S. The van der Waals surface area contributed by atoms with Crippen LogP contribution in [0, 0.1) is 0 Å². The summed E-state index contributed by atoms with van der Waals surface area (Å²) < 4.78 is 36.6. The van der Waals surface area contributed by atoms with Crippen LogP contribution < -0.4 is 14.8 Å². The number of aromatic nitrogens is 2. The number of amides is 1. The molecule has 1 heterocycles. The highest BCUT2D eigenvalue weighted by Gasteiger charge is 2.23. The zero-order chi connectivity index (χ0) is 21.9. The third-order valence-electron chi connectivity index (χ3n) is 4.39. The van der Waals surface area contributed by atoms with Crippen LogP contribution in [0.2, 0.25) is 0 Å². The summed E-state index contributed by atoms with van der Waals surface area (Å²) in [7, 11) is 2.12. The van der Waals surface area contributed by atoms with E-state index in [9.17, 15) is 13.2 Å². The lowest BCUT2D eigenvalue weighted by atomic mass is 10.1. The summed E-state index contributed by atoms with van der Waals surface area (Å²) >= 11 is 0. The maximum Gasteiger partial charge on any atom is 0.273 e. The number of carbonyl (C=O) groups is 1. The van der Waals surface area contributed by atoms with Gasteiger partial charge in [0.1, 0.15) is 22.1 Å². The minimum absolute atomic E-state index is 0.0136. The van der Waals surface area contributed by atoms with Crippen molar-refractivity contribution < 1.29 is 22.7 Å². The van der Waals surface area contributed by atoms with Crippen molar-refractivity contribution in [2.45, 2.75) is 4.90 Å². The van der Waals surface area contributed by atoms with E-state index < -0.39 is 10.0 Å². The fourth-order valence-corrected chi connectivity index (χ4v) is 3.77. The monoisotopic (exact) mass is 430 g/mol. The van der Waals surface area contributed by atoms with Crippen molar-refractivity contribution >= 4 is 21.6 Å². The molecule has 0 fully saturated rings. The number of anilines is 1. The van der Waals surface area contributed by atoms with Gasteiger partial charge in [0.25, 0.3) is 5.91 Å². The second kappa shape index (κ2) is 8.56. The van der Waals surface area contributed by atoms with Gasteiger partial charge in [-0.2, -0.15) is 5.10 Å². The number of benzene rings is 2. The third kappa shape index (κ3) is 4.29.